The number of alkyl halides is 1. The molecule has 0 saturated heterocycles. The molecule has 0 amide bonds. The van der Waals surface area contributed by atoms with Crippen LogP contribution in [-0.2, 0) is 0 Å². The van der Waals surface area contributed by atoms with E-state index in [0.717, 1.165) is 12.8 Å². The Bertz CT molecular complexity index is 521. The summed E-state index contributed by atoms with van der Waals surface area (Å²) in [6.07, 6.45) is 25.5. The van der Waals surface area contributed by atoms with Crippen molar-refractivity contribution in [1.82, 2.24) is 0 Å². The molecule has 4 atom stereocenters. The second kappa shape index (κ2) is 12.8. The van der Waals surface area contributed by atoms with Crippen LogP contribution in [0.4, 0.5) is 4.39 Å². The SMILES string of the molecule is C1CCCCCCC1.N#CC1CCC(C2CCCC3=C2CCCCCC3)CC1F. The van der Waals surface area contributed by atoms with E-state index in [1.165, 1.54) is 109 Å². The minimum absolute atomic E-state index is 0.337. The molecule has 0 heterocycles. The Morgan fingerprint density at radius 3 is 1.79 bits per heavy atom. The maximum atomic E-state index is 14.2. The molecule has 0 aromatic carbocycles. The lowest BCUT2D eigenvalue weighted by atomic mass is 9.66. The zero-order chi connectivity index (χ0) is 20.3. The molecule has 0 aliphatic heterocycles. The minimum Gasteiger partial charge on any atom is -0.246 e. The van der Waals surface area contributed by atoms with Gasteiger partial charge in [-0.2, -0.15) is 5.26 Å². The lowest BCUT2D eigenvalue weighted by Crippen LogP contribution is -2.32. The molecule has 4 rings (SSSR count). The van der Waals surface area contributed by atoms with E-state index in [2.05, 4.69) is 6.07 Å². The molecule has 0 radical (unpaired) electrons. The lowest BCUT2D eigenvalue weighted by Gasteiger charge is -2.39. The van der Waals surface area contributed by atoms with E-state index in [1.54, 1.807) is 11.1 Å². The number of hydrogen-bond acceptors (Lipinski definition) is 1. The number of halogens is 1. The fourth-order valence-corrected chi connectivity index (χ4v) is 6.38. The Morgan fingerprint density at radius 1 is 0.655 bits per heavy atom. The van der Waals surface area contributed by atoms with Gasteiger partial charge in [0.1, 0.15) is 6.17 Å². The Hall–Kier alpha value is -0.840. The number of rotatable bonds is 1. The number of nitrogens with zero attached hydrogens (tertiary/aromatic N) is 1. The summed E-state index contributed by atoms with van der Waals surface area (Å²) in [5.74, 6) is 0.815. The normalized spacial score (nSPS) is 34.2. The second-order valence-corrected chi connectivity index (χ2v) is 10.2. The zero-order valence-corrected chi connectivity index (χ0v) is 18.8. The third-order valence-electron chi connectivity index (χ3n) is 8.12. The van der Waals surface area contributed by atoms with Crippen LogP contribution in [0, 0.1) is 29.1 Å². The highest BCUT2D eigenvalue weighted by Gasteiger charge is 2.37. The fourth-order valence-electron chi connectivity index (χ4n) is 6.38. The summed E-state index contributed by atoms with van der Waals surface area (Å²) in [6.45, 7) is 0. The molecule has 0 aromatic rings. The summed E-state index contributed by atoms with van der Waals surface area (Å²) in [4.78, 5) is 0. The molecule has 0 N–H and O–H groups in total. The van der Waals surface area contributed by atoms with Gasteiger partial charge in [0.25, 0.3) is 0 Å². The quantitative estimate of drug-likeness (QED) is 0.402. The molecule has 4 unspecified atom stereocenters. The Labute approximate surface area is 179 Å². The number of allylic oxidation sites excluding steroid dienone is 2. The van der Waals surface area contributed by atoms with Gasteiger partial charge in [-0.25, -0.2) is 4.39 Å². The predicted molar refractivity (Wildman–Crippen MR) is 120 cm³/mol. The van der Waals surface area contributed by atoms with Crippen LogP contribution in [0.2, 0.25) is 0 Å². The van der Waals surface area contributed by atoms with E-state index in [-0.39, 0.29) is 5.92 Å². The molecule has 29 heavy (non-hydrogen) atoms. The summed E-state index contributed by atoms with van der Waals surface area (Å²) >= 11 is 0. The van der Waals surface area contributed by atoms with Crippen LogP contribution >= 0.6 is 0 Å². The maximum absolute atomic E-state index is 14.2. The van der Waals surface area contributed by atoms with Crippen molar-refractivity contribution < 1.29 is 4.39 Å². The largest absolute Gasteiger partial charge is 0.246 e. The molecule has 0 aromatic heterocycles. The Balaban J connectivity index is 0.000000252. The van der Waals surface area contributed by atoms with Crippen LogP contribution in [0.5, 0.6) is 0 Å². The summed E-state index contributed by atoms with van der Waals surface area (Å²) in [6, 6.07) is 2.16. The summed E-state index contributed by atoms with van der Waals surface area (Å²) in [5.41, 5.74) is 3.47. The van der Waals surface area contributed by atoms with Gasteiger partial charge in [-0.05, 0) is 76.0 Å². The van der Waals surface area contributed by atoms with Gasteiger partial charge in [-0.15, -0.1) is 0 Å². The van der Waals surface area contributed by atoms with Gasteiger partial charge < -0.3 is 0 Å². The summed E-state index contributed by atoms with van der Waals surface area (Å²) in [5, 5.41) is 9.01. The average Bonchev–Trinajstić information content (AvgIpc) is 2.68. The molecular formula is C27H44FN. The molecule has 4 aliphatic rings. The van der Waals surface area contributed by atoms with Crippen molar-refractivity contribution >= 4 is 0 Å². The van der Waals surface area contributed by atoms with E-state index in [9.17, 15) is 4.39 Å². The first-order valence-electron chi connectivity index (χ1n) is 13.0. The monoisotopic (exact) mass is 401 g/mol. The Morgan fingerprint density at radius 2 is 1.21 bits per heavy atom. The third-order valence-corrected chi connectivity index (χ3v) is 8.12. The highest BCUT2D eigenvalue weighted by Crippen LogP contribution is 2.46. The highest BCUT2D eigenvalue weighted by molar-refractivity contribution is 5.22. The molecule has 2 heteroatoms. The van der Waals surface area contributed by atoms with E-state index < -0.39 is 6.17 Å². The van der Waals surface area contributed by atoms with Crippen LogP contribution < -0.4 is 0 Å². The molecule has 0 bridgehead atoms. The van der Waals surface area contributed by atoms with E-state index in [0.29, 0.717) is 18.3 Å². The number of nitriles is 1. The third kappa shape index (κ3) is 7.11. The van der Waals surface area contributed by atoms with Crippen LogP contribution in [0.1, 0.15) is 128 Å². The van der Waals surface area contributed by atoms with E-state index in [4.69, 9.17) is 5.26 Å². The standard InChI is InChI=1S/C19H28FN.C8H16/c20-19-12-15(10-11-16(19)13-21)18-9-5-7-14-6-3-1-2-4-8-17(14)18;1-2-4-6-8-7-5-3-1/h15-16,18-19H,1-12H2;1-8H2. The molecule has 1 nitrogen and oxygen atoms in total. The first-order valence-corrected chi connectivity index (χ1v) is 13.0. The minimum atomic E-state index is -0.881. The van der Waals surface area contributed by atoms with Crippen molar-refractivity contribution in [1.29, 1.82) is 5.26 Å². The van der Waals surface area contributed by atoms with Crippen LogP contribution in [-0.4, -0.2) is 6.17 Å². The molecule has 164 valence electrons. The smallest absolute Gasteiger partial charge is 0.116 e. The predicted octanol–water partition coefficient (Wildman–Crippen LogP) is 8.84. The zero-order valence-electron chi connectivity index (χ0n) is 18.8. The molecule has 2 fully saturated rings. The topological polar surface area (TPSA) is 23.8 Å². The highest BCUT2D eigenvalue weighted by atomic mass is 19.1. The van der Waals surface area contributed by atoms with Gasteiger partial charge in [0, 0.05) is 0 Å². The van der Waals surface area contributed by atoms with Crippen LogP contribution in [0.3, 0.4) is 0 Å². The Kier molecular flexibility index (Phi) is 10.1. The average molecular weight is 402 g/mol. The van der Waals surface area contributed by atoms with E-state index >= 15 is 0 Å². The van der Waals surface area contributed by atoms with Gasteiger partial charge in [0.2, 0.25) is 0 Å². The van der Waals surface area contributed by atoms with Crippen LogP contribution in [0.15, 0.2) is 11.1 Å². The van der Waals surface area contributed by atoms with Crippen LogP contribution in [0.25, 0.3) is 0 Å². The molecule has 0 spiro atoms. The van der Waals surface area contributed by atoms with Crippen molar-refractivity contribution in [2.45, 2.75) is 135 Å². The second-order valence-electron chi connectivity index (χ2n) is 10.2. The summed E-state index contributed by atoms with van der Waals surface area (Å²) in [7, 11) is 0. The van der Waals surface area contributed by atoms with Crippen molar-refractivity contribution in [2.75, 3.05) is 0 Å². The van der Waals surface area contributed by atoms with Gasteiger partial charge in [-0.3, -0.25) is 0 Å². The lowest BCUT2D eigenvalue weighted by molar-refractivity contribution is 0.124. The summed E-state index contributed by atoms with van der Waals surface area (Å²) < 4.78 is 14.2. The van der Waals surface area contributed by atoms with Crippen molar-refractivity contribution in [2.24, 2.45) is 17.8 Å². The fraction of sp³-hybridized carbons (Fsp3) is 0.889. The first-order chi connectivity index (χ1) is 14.3. The maximum Gasteiger partial charge on any atom is 0.116 e. The molecular weight excluding hydrogens is 357 g/mol. The van der Waals surface area contributed by atoms with Crippen molar-refractivity contribution in [3.05, 3.63) is 11.1 Å². The van der Waals surface area contributed by atoms with Crippen molar-refractivity contribution in [3.8, 4) is 6.07 Å². The van der Waals surface area contributed by atoms with Crippen molar-refractivity contribution in [3.63, 3.8) is 0 Å². The first kappa shape index (κ1) is 22.8. The molecule has 4 aliphatic carbocycles. The van der Waals surface area contributed by atoms with Gasteiger partial charge in [0.05, 0.1) is 12.0 Å². The van der Waals surface area contributed by atoms with Gasteiger partial charge in [0.15, 0.2) is 0 Å². The van der Waals surface area contributed by atoms with Gasteiger partial charge in [-0.1, -0.05) is 75.4 Å². The van der Waals surface area contributed by atoms with Gasteiger partial charge >= 0.3 is 0 Å². The number of hydrogen-bond donors (Lipinski definition) is 0. The van der Waals surface area contributed by atoms with E-state index in [1.807, 2.05) is 0 Å². The molecule has 2 saturated carbocycles.